The lowest BCUT2D eigenvalue weighted by Gasteiger charge is -2.39. The first-order chi connectivity index (χ1) is 20.9. The number of ether oxygens (including phenoxy) is 1. The van der Waals surface area contributed by atoms with E-state index in [1.54, 1.807) is 30.5 Å². The summed E-state index contributed by atoms with van der Waals surface area (Å²) in [5, 5.41) is 20.0. The predicted molar refractivity (Wildman–Crippen MR) is 162 cm³/mol. The number of amides is 1. The van der Waals surface area contributed by atoms with E-state index in [-0.39, 0.29) is 12.6 Å². The number of hydrogen-bond acceptors (Lipinski definition) is 10. The molecule has 0 aliphatic carbocycles. The van der Waals surface area contributed by atoms with Crippen LogP contribution in [0, 0.1) is 11.3 Å². The van der Waals surface area contributed by atoms with Gasteiger partial charge in [-0.2, -0.15) is 15.2 Å². The standard InChI is InChI=1S/C30H32ClN9O3/c1-2-43-30(28(33)42)11-14-38(15-12-30)26-24-27(37-29(36-26)39-13-3-4-23(39)18-41)40(22-9-6-20(31)7-10-22)25(35-24)19-5-8-21(16-32)34-17-19/h5-10,17,23,41H,2-4,11-15,18H2,1H3,(H2,33,42)/t23-/m0/s1. The largest absolute Gasteiger partial charge is 0.394 e. The van der Waals surface area contributed by atoms with E-state index in [0.29, 0.717) is 84.1 Å². The molecule has 3 aromatic heterocycles. The number of halogens is 1. The van der Waals surface area contributed by atoms with Gasteiger partial charge >= 0.3 is 0 Å². The molecule has 222 valence electrons. The molecule has 0 unspecified atom stereocenters. The van der Waals surface area contributed by atoms with Crippen molar-refractivity contribution in [3.05, 3.63) is 53.3 Å². The number of carbonyl (C=O) groups is 1. The van der Waals surface area contributed by atoms with Crippen LogP contribution in [0.5, 0.6) is 0 Å². The molecule has 1 amide bonds. The van der Waals surface area contributed by atoms with Crippen molar-refractivity contribution in [3.63, 3.8) is 0 Å². The van der Waals surface area contributed by atoms with E-state index in [9.17, 15) is 15.2 Å². The first kappa shape index (κ1) is 28.8. The van der Waals surface area contributed by atoms with Gasteiger partial charge in [0.25, 0.3) is 0 Å². The van der Waals surface area contributed by atoms with Crippen LogP contribution in [0.15, 0.2) is 42.6 Å². The van der Waals surface area contributed by atoms with Gasteiger partial charge in [-0.25, -0.2) is 9.97 Å². The number of imidazole rings is 1. The average molecular weight is 602 g/mol. The van der Waals surface area contributed by atoms with E-state index < -0.39 is 11.5 Å². The molecule has 2 aliphatic heterocycles. The number of piperidine rings is 1. The third kappa shape index (κ3) is 5.24. The maximum Gasteiger partial charge on any atom is 0.249 e. The number of carbonyl (C=O) groups excluding carboxylic acids is 1. The Morgan fingerprint density at radius 2 is 1.93 bits per heavy atom. The highest BCUT2D eigenvalue weighted by molar-refractivity contribution is 6.30. The second-order valence-corrected chi connectivity index (χ2v) is 11.2. The van der Waals surface area contributed by atoms with Crippen LogP contribution in [0.1, 0.15) is 38.3 Å². The molecule has 6 rings (SSSR count). The lowest BCUT2D eigenvalue weighted by Crippen LogP contribution is -2.54. The van der Waals surface area contributed by atoms with Crippen LogP contribution < -0.4 is 15.5 Å². The second-order valence-electron chi connectivity index (χ2n) is 10.8. The van der Waals surface area contributed by atoms with Crippen molar-refractivity contribution >= 4 is 40.4 Å². The van der Waals surface area contributed by atoms with Crippen molar-refractivity contribution < 1.29 is 14.6 Å². The van der Waals surface area contributed by atoms with Crippen LogP contribution in [-0.2, 0) is 9.53 Å². The third-order valence-corrected chi connectivity index (χ3v) is 8.53. The van der Waals surface area contributed by atoms with Crippen LogP contribution >= 0.6 is 11.6 Å². The van der Waals surface area contributed by atoms with E-state index >= 15 is 0 Å². The summed E-state index contributed by atoms with van der Waals surface area (Å²) in [6.07, 6.45) is 4.19. The Morgan fingerprint density at radius 1 is 1.16 bits per heavy atom. The van der Waals surface area contributed by atoms with E-state index in [1.807, 2.05) is 28.5 Å². The van der Waals surface area contributed by atoms with Crippen LogP contribution in [0.3, 0.4) is 0 Å². The predicted octanol–water partition coefficient (Wildman–Crippen LogP) is 3.22. The fraction of sp³-hybridized carbons (Fsp3) is 0.400. The number of benzene rings is 1. The van der Waals surface area contributed by atoms with Crippen LogP contribution in [0.25, 0.3) is 28.2 Å². The SMILES string of the molecule is CCOC1(C(N)=O)CCN(c2nc(N3CCC[C@H]3CO)nc3c2nc(-c2ccc(C#N)nc2)n3-c2ccc(Cl)cc2)CC1. The van der Waals surface area contributed by atoms with Gasteiger partial charge in [0.1, 0.15) is 23.2 Å². The van der Waals surface area contributed by atoms with Gasteiger partial charge in [0, 0.05) is 61.6 Å². The molecule has 0 radical (unpaired) electrons. The van der Waals surface area contributed by atoms with Gasteiger partial charge in [-0.1, -0.05) is 11.6 Å². The molecule has 13 heteroatoms. The number of fused-ring (bicyclic) bond motifs is 1. The van der Waals surface area contributed by atoms with Crippen molar-refractivity contribution in [1.82, 2.24) is 24.5 Å². The number of anilines is 2. The number of aliphatic hydroxyl groups is 1. The van der Waals surface area contributed by atoms with Crippen LogP contribution in [0.2, 0.25) is 5.02 Å². The minimum absolute atomic E-state index is 0.00542. The van der Waals surface area contributed by atoms with Gasteiger partial charge in [-0.15, -0.1) is 0 Å². The number of rotatable bonds is 8. The summed E-state index contributed by atoms with van der Waals surface area (Å²) in [7, 11) is 0. The van der Waals surface area contributed by atoms with Crippen molar-refractivity contribution in [2.24, 2.45) is 5.73 Å². The lowest BCUT2D eigenvalue weighted by molar-refractivity contribution is -0.146. The quantitative estimate of drug-likeness (QED) is 0.307. The zero-order valence-electron chi connectivity index (χ0n) is 23.8. The fourth-order valence-corrected chi connectivity index (χ4v) is 6.13. The molecule has 3 N–H and O–H groups in total. The van der Waals surface area contributed by atoms with E-state index in [0.717, 1.165) is 18.5 Å². The Balaban J connectivity index is 1.56. The van der Waals surface area contributed by atoms with Crippen LogP contribution in [-0.4, -0.2) is 80.0 Å². The van der Waals surface area contributed by atoms with Gasteiger partial charge in [-0.3, -0.25) is 9.36 Å². The van der Waals surface area contributed by atoms with Gasteiger partial charge < -0.3 is 25.4 Å². The van der Waals surface area contributed by atoms with Crippen LogP contribution in [0.4, 0.5) is 11.8 Å². The summed E-state index contributed by atoms with van der Waals surface area (Å²) in [5.74, 6) is 1.22. The molecular weight excluding hydrogens is 570 g/mol. The second kappa shape index (κ2) is 11.8. The molecule has 5 heterocycles. The van der Waals surface area contributed by atoms with E-state index in [1.165, 1.54) is 0 Å². The summed E-state index contributed by atoms with van der Waals surface area (Å²) < 4.78 is 7.81. The molecule has 12 nitrogen and oxygen atoms in total. The maximum atomic E-state index is 12.4. The maximum absolute atomic E-state index is 12.4. The molecule has 2 fully saturated rings. The Bertz CT molecular complexity index is 1680. The van der Waals surface area contributed by atoms with E-state index in [2.05, 4.69) is 16.0 Å². The van der Waals surface area contributed by atoms with E-state index in [4.69, 9.17) is 37.0 Å². The molecule has 2 saturated heterocycles. The van der Waals surface area contributed by atoms with Gasteiger partial charge in [0.2, 0.25) is 11.9 Å². The zero-order chi connectivity index (χ0) is 30.1. The first-order valence-electron chi connectivity index (χ1n) is 14.4. The van der Waals surface area contributed by atoms with Crippen molar-refractivity contribution in [2.75, 3.05) is 42.6 Å². The number of aliphatic hydroxyl groups excluding tert-OH is 1. The molecule has 2 aliphatic rings. The third-order valence-electron chi connectivity index (χ3n) is 8.28. The molecule has 0 bridgehead atoms. The lowest BCUT2D eigenvalue weighted by atomic mass is 9.90. The number of hydrogen-bond donors (Lipinski definition) is 2. The molecule has 1 atom stereocenters. The molecule has 1 aromatic carbocycles. The summed E-state index contributed by atoms with van der Waals surface area (Å²) in [4.78, 5) is 36.0. The topological polar surface area (TPSA) is 159 Å². The normalized spacial score (nSPS) is 18.2. The minimum Gasteiger partial charge on any atom is -0.394 e. The molecule has 43 heavy (non-hydrogen) atoms. The monoisotopic (exact) mass is 601 g/mol. The number of nitrogens with zero attached hydrogens (tertiary/aromatic N) is 8. The van der Waals surface area contributed by atoms with Crippen molar-refractivity contribution in [2.45, 2.75) is 44.2 Å². The number of nitrogens with two attached hydrogens (primary N) is 1. The average Bonchev–Trinajstić information content (AvgIpc) is 3.67. The summed E-state index contributed by atoms with van der Waals surface area (Å²) in [6.45, 7) is 3.89. The highest BCUT2D eigenvalue weighted by Gasteiger charge is 2.42. The molecule has 0 spiro atoms. The molecule has 0 saturated carbocycles. The van der Waals surface area contributed by atoms with Gasteiger partial charge in [0.15, 0.2) is 17.0 Å². The Hall–Kier alpha value is -4.31. The molecular formula is C30H32ClN9O3. The number of nitriles is 1. The number of primary amides is 1. The minimum atomic E-state index is -1.03. The van der Waals surface area contributed by atoms with Crippen molar-refractivity contribution in [3.8, 4) is 23.1 Å². The number of aromatic nitrogens is 5. The Kier molecular flexibility index (Phi) is 7.87. The highest BCUT2D eigenvalue weighted by Crippen LogP contribution is 2.37. The summed E-state index contributed by atoms with van der Waals surface area (Å²) in [6, 6.07) is 12.8. The zero-order valence-corrected chi connectivity index (χ0v) is 24.5. The Morgan fingerprint density at radius 3 is 2.56 bits per heavy atom. The fourth-order valence-electron chi connectivity index (χ4n) is 6.01. The van der Waals surface area contributed by atoms with Gasteiger partial charge in [0.05, 0.1) is 12.6 Å². The first-order valence-corrected chi connectivity index (χ1v) is 14.7. The number of pyridine rings is 1. The van der Waals surface area contributed by atoms with Crippen molar-refractivity contribution in [1.29, 1.82) is 5.26 Å². The van der Waals surface area contributed by atoms with Gasteiger partial charge in [-0.05, 0) is 56.2 Å². The summed E-state index contributed by atoms with van der Waals surface area (Å²) in [5.41, 5.74) is 7.68. The molecule has 4 aromatic rings. The highest BCUT2D eigenvalue weighted by atomic mass is 35.5. The Labute approximate surface area is 253 Å². The smallest absolute Gasteiger partial charge is 0.249 e. The summed E-state index contributed by atoms with van der Waals surface area (Å²) >= 11 is 6.25.